The van der Waals surface area contributed by atoms with Gasteiger partial charge in [0.2, 0.25) is 5.88 Å². The fourth-order valence-electron chi connectivity index (χ4n) is 3.63. The first-order valence-corrected chi connectivity index (χ1v) is 10.7. The molecule has 1 atom stereocenters. The van der Waals surface area contributed by atoms with Crippen LogP contribution in [-0.4, -0.2) is 46.5 Å². The van der Waals surface area contributed by atoms with E-state index in [2.05, 4.69) is 14.9 Å². The number of hydrogen-bond donors (Lipinski definition) is 0. The van der Waals surface area contributed by atoms with E-state index < -0.39 is 0 Å². The van der Waals surface area contributed by atoms with E-state index in [4.69, 9.17) is 27.9 Å². The number of halogens is 2. The Balaban J connectivity index is 1.46. The number of rotatable bonds is 4. The molecule has 1 unspecified atom stereocenters. The van der Waals surface area contributed by atoms with Gasteiger partial charge in [0.15, 0.2) is 0 Å². The van der Waals surface area contributed by atoms with Gasteiger partial charge < -0.3 is 14.5 Å². The standard InChI is InChI=1S/C23H22Cl2N4O2/c1-15-5-3-4-6-20(15)31-22-12-21(26-14-27-22)28-9-10-29(16(2)13-28)23(30)18-8-7-17(24)11-19(18)25/h3-8,11-12,14,16H,9-10,13H2,1-2H3. The largest absolute Gasteiger partial charge is 0.439 e. The van der Waals surface area contributed by atoms with Gasteiger partial charge >= 0.3 is 0 Å². The average molecular weight is 457 g/mol. The molecule has 0 saturated carbocycles. The molecule has 0 aliphatic carbocycles. The minimum atomic E-state index is -0.0971. The van der Waals surface area contributed by atoms with Crippen molar-refractivity contribution in [3.63, 3.8) is 0 Å². The van der Waals surface area contributed by atoms with Crippen LogP contribution in [0.1, 0.15) is 22.8 Å². The second-order valence-electron chi connectivity index (χ2n) is 7.50. The summed E-state index contributed by atoms with van der Waals surface area (Å²) in [5, 5.41) is 0.868. The first-order chi connectivity index (χ1) is 14.9. The molecule has 8 heteroatoms. The molecule has 4 rings (SSSR count). The number of carbonyl (C=O) groups excluding carboxylic acids is 1. The molecule has 0 bridgehead atoms. The molecule has 1 fully saturated rings. The molecule has 2 heterocycles. The summed E-state index contributed by atoms with van der Waals surface area (Å²) in [4.78, 5) is 25.6. The zero-order valence-corrected chi connectivity index (χ0v) is 18.8. The Bertz CT molecular complexity index is 1110. The highest BCUT2D eigenvalue weighted by molar-refractivity contribution is 6.36. The zero-order valence-electron chi connectivity index (χ0n) is 17.3. The topological polar surface area (TPSA) is 58.6 Å². The van der Waals surface area contributed by atoms with Gasteiger partial charge in [-0.2, -0.15) is 0 Å². The molecule has 0 N–H and O–H groups in total. The molecule has 2 aromatic carbocycles. The van der Waals surface area contributed by atoms with Crippen LogP contribution < -0.4 is 9.64 Å². The molecular weight excluding hydrogens is 435 g/mol. The lowest BCUT2D eigenvalue weighted by Crippen LogP contribution is -2.54. The summed E-state index contributed by atoms with van der Waals surface area (Å²) in [6, 6.07) is 14.5. The van der Waals surface area contributed by atoms with Crippen LogP contribution in [0.4, 0.5) is 5.82 Å². The number of piperazine rings is 1. The number of aromatic nitrogens is 2. The van der Waals surface area contributed by atoms with Gasteiger partial charge in [-0.1, -0.05) is 41.4 Å². The number of ether oxygens (including phenoxy) is 1. The van der Waals surface area contributed by atoms with Gasteiger partial charge in [-0.25, -0.2) is 9.97 Å². The van der Waals surface area contributed by atoms with E-state index in [1.54, 1.807) is 18.2 Å². The van der Waals surface area contributed by atoms with E-state index in [1.807, 2.05) is 49.1 Å². The summed E-state index contributed by atoms with van der Waals surface area (Å²) >= 11 is 12.2. The number of carbonyl (C=O) groups is 1. The van der Waals surface area contributed by atoms with E-state index in [0.717, 1.165) is 17.1 Å². The number of nitrogens with zero attached hydrogens (tertiary/aromatic N) is 4. The number of anilines is 1. The van der Waals surface area contributed by atoms with E-state index >= 15 is 0 Å². The van der Waals surface area contributed by atoms with Crippen LogP contribution >= 0.6 is 23.2 Å². The lowest BCUT2D eigenvalue weighted by molar-refractivity contribution is 0.0674. The maximum absolute atomic E-state index is 13.0. The average Bonchev–Trinajstić information content (AvgIpc) is 2.75. The van der Waals surface area contributed by atoms with E-state index in [0.29, 0.717) is 41.1 Å². The van der Waals surface area contributed by atoms with Crippen molar-refractivity contribution in [3.05, 3.63) is 76.0 Å². The Morgan fingerprint density at radius 2 is 1.90 bits per heavy atom. The number of para-hydroxylation sites is 1. The third-order valence-corrected chi connectivity index (χ3v) is 5.86. The van der Waals surface area contributed by atoms with Gasteiger partial charge in [0.05, 0.1) is 10.6 Å². The van der Waals surface area contributed by atoms with Crippen LogP contribution in [0.25, 0.3) is 0 Å². The molecule has 0 spiro atoms. The molecule has 1 saturated heterocycles. The predicted octanol–water partition coefficient (Wildman–Crippen LogP) is 5.24. The normalized spacial score (nSPS) is 16.3. The first-order valence-electron chi connectivity index (χ1n) is 9.99. The van der Waals surface area contributed by atoms with Gasteiger partial charge in [-0.15, -0.1) is 0 Å². The van der Waals surface area contributed by atoms with Crippen LogP contribution in [-0.2, 0) is 0 Å². The third-order valence-electron chi connectivity index (χ3n) is 5.31. The molecule has 1 amide bonds. The summed E-state index contributed by atoms with van der Waals surface area (Å²) in [6.07, 6.45) is 1.50. The molecule has 1 aliphatic rings. The van der Waals surface area contributed by atoms with Crippen LogP contribution in [0.5, 0.6) is 11.6 Å². The molecule has 1 aromatic heterocycles. The van der Waals surface area contributed by atoms with E-state index in [1.165, 1.54) is 6.33 Å². The quantitative estimate of drug-likeness (QED) is 0.537. The van der Waals surface area contributed by atoms with Crippen LogP contribution in [0.15, 0.2) is 54.9 Å². The van der Waals surface area contributed by atoms with Gasteiger partial charge in [0.25, 0.3) is 5.91 Å². The maximum atomic E-state index is 13.0. The van der Waals surface area contributed by atoms with Crippen molar-refractivity contribution in [2.45, 2.75) is 19.9 Å². The first kappa shape index (κ1) is 21.4. The summed E-state index contributed by atoms with van der Waals surface area (Å²) in [7, 11) is 0. The van der Waals surface area contributed by atoms with Gasteiger partial charge in [0, 0.05) is 36.8 Å². The number of aryl methyl sites for hydroxylation is 1. The molecule has 160 valence electrons. The highest BCUT2D eigenvalue weighted by Gasteiger charge is 2.30. The summed E-state index contributed by atoms with van der Waals surface area (Å²) < 4.78 is 5.94. The van der Waals surface area contributed by atoms with E-state index in [-0.39, 0.29) is 11.9 Å². The van der Waals surface area contributed by atoms with Gasteiger partial charge in [-0.05, 0) is 43.7 Å². The zero-order chi connectivity index (χ0) is 22.0. The fourth-order valence-corrected chi connectivity index (χ4v) is 4.12. The van der Waals surface area contributed by atoms with Crippen molar-refractivity contribution < 1.29 is 9.53 Å². The van der Waals surface area contributed by atoms with Crippen LogP contribution in [0.2, 0.25) is 10.0 Å². The summed E-state index contributed by atoms with van der Waals surface area (Å²) in [6.45, 7) is 5.83. The Morgan fingerprint density at radius 3 is 2.65 bits per heavy atom. The Hall–Kier alpha value is -2.83. The Kier molecular flexibility index (Phi) is 6.30. The van der Waals surface area contributed by atoms with Gasteiger partial charge in [-0.3, -0.25) is 4.79 Å². The van der Waals surface area contributed by atoms with Crippen molar-refractivity contribution in [2.75, 3.05) is 24.5 Å². The molecular formula is C23H22Cl2N4O2. The smallest absolute Gasteiger partial charge is 0.255 e. The minimum Gasteiger partial charge on any atom is -0.439 e. The monoisotopic (exact) mass is 456 g/mol. The summed E-state index contributed by atoms with van der Waals surface area (Å²) in [5.74, 6) is 1.91. The SMILES string of the molecule is Cc1ccccc1Oc1cc(N2CCN(C(=O)c3ccc(Cl)cc3Cl)C(C)C2)ncn1. The third kappa shape index (κ3) is 4.75. The molecule has 0 radical (unpaired) electrons. The molecule has 6 nitrogen and oxygen atoms in total. The maximum Gasteiger partial charge on any atom is 0.255 e. The second kappa shape index (κ2) is 9.12. The summed E-state index contributed by atoms with van der Waals surface area (Å²) in [5.41, 5.74) is 1.49. The highest BCUT2D eigenvalue weighted by atomic mass is 35.5. The predicted molar refractivity (Wildman–Crippen MR) is 122 cm³/mol. The van der Waals surface area contributed by atoms with Crippen molar-refractivity contribution in [2.24, 2.45) is 0 Å². The minimum absolute atomic E-state index is 0.0244. The van der Waals surface area contributed by atoms with Crippen molar-refractivity contribution in [3.8, 4) is 11.6 Å². The Labute approximate surface area is 191 Å². The van der Waals surface area contributed by atoms with Crippen LogP contribution in [0, 0.1) is 6.92 Å². The number of benzene rings is 2. The second-order valence-corrected chi connectivity index (χ2v) is 8.34. The number of hydrogen-bond acceptors (Lipinski definition) is 5. The molecule has 31 heavy (non-hydrogen) atoms. The Morgan fingerprint density at radius 1 is 1.10 bits per heavy atom. The van der Waals surface area contributed by atoms with Crippen molar-refractivity contribution in [1.82, 2.24) is 14.9 Å². The lowest BCUT2D eigenvalue weighted by Gasteiger charge is -2.40. The molecule has 3 aromatic rings. The van der Waals surface area contributed by atoms with Crippen molar-refractivity contribution >= 4 is 34.9 Å². The fraction of sp³-hybridized carbons (Fsp3) is 0.261. The lowest BCUT2D eigenvalue weighted by atomic mass is 10.1. The van der Waals surface area contributed by atoms with E-state index in [9.17, 15) is 4.79 Å². The highest BCUT2D eigenvalue weighted by Crippen LogP contribution is 2.27. The van der Waals surface area contributed by atoms with Gasteiger partial charge in [0.1, 0.15) is 17.9 Å². The van der Waals surface area contributed by atoms with Crippen molar-refractivity contribution in [1.29, 1.82) is 0 Å². The van der Waals surface area contributed by atoms with Crippen LogP contribution in [0.3, 0.4) is 0 Å². The number of amides is 1. The molecule has 1 aliphatic heterocycles.